The fraction of sp³-hybridized carbons (Fsp3) is 0.150. The van der Waals surface area contributed by atoms with E-state index in [1.165, 1.54) is 25.3 Å². The van der Waals surface area contributed by atoms with Crippen molar-refractivity contribution < 1.29 is 21.6 Å². The van der Waals surface area contributed by atoms with Gasteiger partial charge in [-0.05, 0) is 36.4 Å². The molecule has 3 heterocycles. The van der Waals surface area contributed by atoms with Gasteiger partial charge in [0, 0.05) is 21.9 Å². The van der Waals surface area contributed by atoms with E-state index in [-0.39, 0.29) is 27.8 Å². The Morgan fingerprint density at radius 3 is 2.35 bits per heavy atom. The number of anilines is 2. The smallest absolute Gasteiger partial charge is 0.354 e. The van der Waals surface area contributed by atoms with Crippen LogP contribution in [0.5, 0.6) is 0 Å². The topological polar surface area (TPSA) is 98.4 Å². The van der Waals surface area contributed by atoms with Crippen molar-refractivity contribution in [2.45, 2.75) is 18.0 Å². The van der Waals surface area contributed by atoms with Crippen molar-refractivity contribution >= 4 is 50.1 Å². The van der Waals surface area contributed by atoms with Gasteiger partial charge in [0.2, 0.25) is 0 Å². The molecule has 1 aromatic carbocycles. The summed E-state index contributed by atoms with van der Waals surface area (Å²) in [6, 6.07) is 7.28. The zero-order chi connectivity index (χ0) is 24.8. The predicted molar refractivity (Wildman–Crippen MR) is 121 cm³/mol. The molecular weight excluding hydrogens is 518 g/mol. The Labute approximate surface area is 200 Å². The third-order valence-corrected chi connectivity index (χ3v) is 6.92. The minimum atomic E-state index is -4.65. The van der Waals surface area contributed by atoms with E-state index in [0.29, 0.717) is 26.5 Å². The Balaban J connectivity index is 1.87. The highest BCUT2D eigenvalue weighted by molar-refractivity contribution is 7.91. The first-order valence-electron chi connectivity index (χ1n) is 9.54. The van der Waals surface area contributed by atoms with Crippen LogP contribution in [-0.2, 0) is 16.0 Å². The molecule has 0 saturated carbocycles. The fourth-order valence-electron chi connectivity index (χ4n) is 3.13. The van der Waals surface area contributed by atoms with Crippen LogP contribution in [0.2, 0.25) is 10.0 Å². The van der Waals surface area contributed by atoms with Crippen molar-refractivity contribution in [3.63, 3.8) is 0 Å². The van der Waals surface area contributed by atoms with Crippen molar-refractivity contribution in [3.8, 4) is 5.82 Å². The zero-order valence-electron chi connectivity index (χ0n) is 17.1. The molecule has 3 aromatic heterocycles. The molecule has 0 unspecified atom stereocenters. The molecule has 0 atom stereocenters. The van der Waals surface area contributed by atoms with Crippen molar-refractivity contribution in [2.24, 2.45) is 0 Å². The maximum atomic E-state index is 13.0. The summed E-state index contributed by atoms with van der Waals surface area (Å²) < 4.78 is 66.3. The minimum absolute atomic E-state index is 0.241. The minimum Gasteiger partial charge on any atom is -0.354 e. The van der Waals surface area contributed by atoms with Gasteiger partial charge in [0.05, 0.1) is 23.2 Å². The summed E-state index contributed by atoms with van der Waals surface area (Å²) in [6.45, 7) is 1.40. The Morgan fingerprint density at radius 1 is 1.06 bits per heavy atom. The number of rotatable bonds is 5. The molecule has 34 heavy (non-hydrogen) atoms. The normalized spacial score (nSPS) is 12.3. The van der Waals surface area contributed by atoms with Gasteiger partial charge in [-0.3, -0.25) is 0 Å². The molecule has 0 radical (unpaired) electrons. The van der Waals surface area contributed by atoms with Crippen LogP contribution >= 0.6 is 23.2 Å². The molecule has 0 aliphatic carbocycles. The summed E-state index contributed by atoms with van der Waals surface area (Å²) in [5.74, 6) is -0.673. The van der Waals surface area contributed by atoms with Gasteiger partial charge in [0.1, 0.15) is 4.90 Å². The molecule has 0 bridgehead atoms. The van der Waals surface area contributed by atoms with Crippen LogP contribution in [-0.4, -0.2) is 33.3 Å². The average molecular weight is 532 g/mol. The summed E-state index contributed by atoms with van der Waals surface area (Å²) in [5.41, 5.74) is -1.52. The van der Waals surface area contributed by atoms with E-state index in [0.717, 1.165) is 16.7 Å². The number of aromatic nitrogens is 4. The number of pyridine rings is 2. The second-order valence-electron chi connectivity index (χ2n) is 7.07. The molecule has 1 N–H and O–H groups in total. The van der Waals surface area contributed by atoms with E-state index in [2.05, 4.69) is 15.4 Å². The summed E-state index contributed by atoms with van der Waals surface area (Å²) in [7, 11) is -3.94. The number of hydrogen-bond donors (Lipinski definition) is 1. The zero-order valence-corrected chi connectivity index (χ0v) is 19.5. The lowest BCUT2D eigenvalue weighted by Gasteiger charge is -2.12. The quantitative estimate of drug-likeness (QED) is 0.399. The number of benzene rings is 1. The van der Waals surface area contributed by atoms with E-state index >= 15 is 0 Å². The summed E-state index contributed by atoms with van der Waals surface area (Å²) in [4.78, 5) is 16.6. The van der Waals surface area contributed by atoms with Crippen LogP contribution in [0.15, 0.2) is 58.5 Å². The molecule has 0 amide bonds. The molecule has 14 heteroatoms. The first-order valence-corrected chi connectivity index (χ1v) is 11.9. The Morgan fingerprint density at radius 2 is 1.74 bits per heavy atom. The van der Waals surface area contributed by atoms with Crippen LogP contribution in [0.25, 0.3) is 11.5 Å². The van der Waals surface area contributed by atoms with Crippen LogP contribution < -0.4 is 11.0 Å². The first-order chi connectivity index (χ1) is 15.9. The second kappa shape index (κ2) is 8.60. The van der Waals surface area contributed by atoms with Crippen LogP contribution in [0.4, 0.5) is 24.5 Å². The van der Waals surface area contributed by atoms with Crippen molar-refractivity contribution in [3.05, 3.63) is 74.9 Å². The van der Waals surface area contributed by atoms with Crippen LogP contribution in [0.3, 0.4) is 0 Å². The van der Waals surface area contributed by atoms with Gasteiger partial charge >= 0.3 is 11.9 Å². The monoisotopic (exact) mass is 531 g/mol. The molecule has 4 aromatic rings. The Bertz CT molecular complexity index is 1560. The number of sulfone groups is 1. The molecule has 0 aliphatic rings. The van der Waals surface area contributed by atoms with Crippen LogP contribution in [0.1, 0.15) is 12.5 Å². The average Bonchev–Trinajstić information content (AvgIpc) is 3.08. The molecule has 178 valence electrons. The van der Waals surface area contributed by atoms with E-state index < -0.39 is 27.3 Å². The van der Waals surface area contributed by atoms with E-state index in [9.17, 15) is 26.4 Å². The maximum Gasteiger partial charge on any atom is 0.416 e. The highest BCUT2D eigenvalue weighted by atomic mass is 35.5. The lowest BCUT2D eigenvalue weighted by Crippen LogP contribution is -2.23. The largest absolute Gasteiger partial charge is 0.416 e. The van der Waals surface area contributed by atoms with E-state index in [1.807, 2.05) is 0 Å². The second-order valence-corrected chi connectivity index (χ2v) is 10.2. The lowest BCUT2D eigenvalue weighted by atomic mass is 10.2. The number of nitrogens with one attached hydrogen (secondary N) is 1. The van der Waals surface area contributed by atoms with Crippen molar-refractivity contribution in [2.75, 3.05) is 11.1 Å². The van der Waals surface area contributed by atoms with Crippen molar-refractivity contribution in [1.82, 2.24) is 19.2 Å². The predicted octanol–water partition coefficient (Wildman–Crippen LogP) is 4.74. The molecule has 0 aliphatic heterocycles. The highest BCUT2D eigenvalue weighted by Crippen LogP contribution is 2.30. The molecule has 8 nitrogen and oxygen atoms in total. The third-order valence-electron chi connectivity index (χ3n) is 4.75. The van der Waals surface area contributed by atoms with Gasteiger partial charge in [-0.2, -0.15) is 17.9 Å². The Hall–Kier alpha value is -3.09. The third kappa shape index (κ3) is 4.61. The summed E-state index contributed by atoms with van der Waals surface area (Å²) in [5, 5.41) is 7.51. The lowest BCUT2D eigenvalue weighted by molar-refractivity contribution is -0.137. The number of alkyl halides is 3. The van der Waals surface area contributed by atoms with E-state index in [1.54, 1.807) is 12.1 Å². The van der Waals surface area contributed by atoms with Gasteiger partial charge in [0.25, 0.3) is 0 Å². The molecule has 0 fully saturated rings. The summed E-state index contributed by atoms with van der Waals surface area (Å²) in [6.07, 6.45) is -2.49. The SMILES string of the molecule is CCS(=O)(=O)c1cc(Nc2cc(Cl)cc(Cl)c2)cnc1-n1nc2cc(C(F)(F)F)ccn2c1=O. The molecule has 0 spiro atoms. The molecular formula is C20H14Cl2F3N5O3S. The number of fused-ring (bicyclic) bond motifs is 1. The van der Waals surface area contributed by atoms with Crippen LogP contribution in [0, 0.1) is 0 Å². The van der Waals surface area contributed by atoms with Gasteiger partial charge in [-0.25, -0.2) is 22.6 Å². The van der Waals surface area contributed by atoms with Crippen molar-refractivity contribution in [1.29, 1.82) is 0 Å². The van der Waals surface area contributed by atoms with Gasteiger partial charge < -0.3 is 5.32 Å². The van der Waals surface area contributed by atoms with Gasteiger partial charge in [-0.1, -0.05) is 30.1 Å². The summed E-state index contributed by atoms with van der Waals surface area (Å²) >= 11 is 12.0. The first kappa shape index (κ1) is 24.0. The van der Waals surface area contributed by atoms with Gasteiger partial charge in [-0.15, -0.1) is 5.10 Å². The fourth-order valence-corrected chi connectivity index (χ4v) is 4.69. The standard InChI is InChI=1S/C20H14Cl2F3N5O3S/c1-2-34(32,33)16-9-15(27-14-7-12(21)6-13(22)8-14)10-26-18(16)30-19(31)29-4-3-11(20(23,24)25)5-17(29)28-30/h3-10,27H,2H2,1H3. The molecule has 0 saturated heterocycles. The molecule has 4 rings (SSSR count). The van der Waals surface area contributed by atoms with E-state index in [4.69, 9.17) is 23.2 Å². The Kier molecular flexibility index (Phi) is 6.08. The number of halogens is 5. The number of nitrogens with zero attached hydrogens (tertiary/aromatic N) is 4. The number of hydrogen-bond acceptors (Lipinski definition) is 6. The van der Waals surface area contributed by atoms with Gasteiger partial charge in [0.15, 0.2) is 21.3 Å². The maximum absolute atomic E-state index is 13.0. The highest BCUT2D eigenvalue weighted by Gasteiger charge is 2.31.